The van der Waals surface area contributed by atoms with Gasteiger partial charge in [0.15, 0.2) is 6.61 Å². The van der Waals surface area contributed by atoms with E-state index >= 15 is 0 Å². The average molecular weight is 336 g/mol. The van der Waals surface area contributed by atoms with Crippen LogP contribution in [0.4, 0.5) is 0 Å². The van der Waals surface area contributed by atoms with Gasteiger partial charge < -0.3 is 20.5 Å². The fourth-order valence-corrected chi connectivity index (χ4v) is 1.52. The highest BCUT2D eigenvalue weighted by Gasteiger charge is 2.11. The molecule has 9 nitrogen and oxygen atoms in total. The van der Waals surface area contributed by atoms with Crippen LogP contribution in [0.25, 0.3) is 0 Å². The Balaban J connectivity index is 2.36. The number of amides is 3. The maximum Gasteiger partial charge on any atom is 0.329 e. The molecule has 0 atom stereocenters. The first-order valence-corrected chi connectivity index (χ1v) is 7.14. The number of rotatable bonds is 9. The van der Waals surface area contributed by atoms with Crippen molar-refractivity contribution in [1.82, 2.24) is 10.7 Å². The monoisotopic (exact) mass is 336 g/mol. The molecule has 0 unspecified atom stereocenters. The average Bonchev–Trinajstić information content (AvgIpc) is 2.57. The van der Waals surface area contributed by atoms with Crippen LogP contribution in [0.2, 0.25) is 0 Å². The molecular weight excluding hydrogens is 316 g/mol. The van der Waals surface area contributed by atoms with Gasteiger partial charge in [-0.1, -0.05) is 0 Å². The molecule has 0 aromatic heterocycles. The number of hydrogen-bond donors (Lipinski definition) is 3. The van der Waals surface area contributed by atoms with Crippen molar-refractivity contribution in [2.75, 3.05) is 26.9 Å². The molecule has 0 saturated carbocycles. The number of nitrogens with one attached hydrogen (secondary N) is 2. The minimum atomic E-state index is -0.856. The summed E-state index contributed by atoms with van der Waals surface area (Å²) in [4.78, 5) is 33.5. The Hall–Kier alpha value is -2.94. The van der Waals surface area contributed by atoms with Gasteiger partial charge in [-0.2, -0.15) is 5.10 Å². The Labute approximate surface area is 139 Å². The minimum Gasteiger partial charge on any atom is -0.484 e. The molecule has 130 valence electrons. The first-order chi connectivity index (χ1) is 11.5. The molecule has 0 aliphatic heterocycles. The zero-order chi connectivity index (χ0) is 17.8. The molecule has 0 aliphatic carbocycles. The van der Waals surface area contributed by atoms with Crippen LogP contribution in [-0.2, 0) is 19.1 Å². The lowest BCUT2D eigenvalue weighted by Gasteiger charge is -2.04. The van der Waals surface area contributed by atoms with E-state index in [0.29, 0.717) is 30.9 Å². The number of hydrogen-bond acceptors (Lipinski definition) is 6. The highest BCUT2D eigenvalue weighted by atomic mass is 16.5. The molecule has 4 N–H and O–H groups in total. The molecular formula is C15H20N4O5. The summed E-state index contributed by atoms with van der Waals surface area (Å²) >= 11 is 0. The lowest BCUT2D eigenvalue weighted by atomic mass is 10.2. The summed E-state index contributed by atoms with van der Waals surface area (Å²) in [6.07, 6.45) is 1.98. The van der Waals surface area contributed by atoms with E-state index in [1.54, 1.807) is 31.4 Å². The fraction of sp³-hybridized carbons (Fsp3) is 0.333. The van der Waals surface area contributed by atoms with Gasteiger partial charge in [-0.3, -0.25) is 14.4 Å². The molecule has 0 saturated heterocycles. The van der Waals surface area contributed by atoms with Gasteiger partial charge in [-0.15, -0.1) is 0 Å². The lowest BCUT2D eigenvalue weighted by molar-refractivity contribution is -0.139. The number of hydrazone groups is 1. The molecule has 0 bridgehead atoms. The normalized spacial score (nSPS) is 10.4. The summed E-state index contributed by atoms with van der Waals surface area (Å²) in [6, 6.07) is 6.57. The number of carbonyl (C=O) groups excluding carboxylic acids is 3. The third-order valence-electron chi connectivity index (χ3n) is 2.66. The van der Waals surface area contributed by atoms with E-state index in [1.807, 2.05) is 0 Å². The zero-order valence-electron chi connectivity index (χ0n) is 13.3. The van der Waals surface area contributed by atoms with E-state index in [2.05, 4.69) is 15.8 Å². The van der Waals surface area contributed by atoms with Crippen molar-refractivity contribution >= 4 is 23.9 Å². The number of ether oxygens (including phenoxy) is 2. The molecule has 0 spiro atoms. The van der Waals surface area contributed by atoms with Gasteiger partial charge in [-0.25, -0.2) is 5.43 Å². The predicted octanol–water partition coefficient (Wildman–Crippen LogP) is -0.846. The van der Waals surface area contributed by atoms with Crippen LogP contribution in [0, 0.1) is 0 Å². The first-order valence-electron chi connectivity index (χ1n) is 7.14. The third kappa shape index (κ3) is 7.90. The second kappa shape index (κ2) is 10.7. The fourth-order valence-electron chi connectivity index (χ4n) is 1.52. The molecule has 0 fully saturated rings. The van der Waals surface area contributed by atoms with Gasteiger partial charge in [0.1, 0.15) is 5.75 Å². The minimum absolute atomic E-state index is 0.205. The lowest BCUT2D eigenvalue weighted by Crippen LogP contribution is -2.38. The molecule has 0 heterocycles. The summed E-state index contributed by atoms with van der Waals surface area (Å²) < 4.78 is 9.93. The number of methoxy groups -OCH3 is 1. The van der Waals surface area contributed by atoms with Crippen molar-refractivity contribution in [3.8, 4) is 5.75 Å². The molecule has 0 radical (unpaired) electrons. The van der Waals surface area contributed by atoms with E-state index in [1.165, 1.54) is 6.21 Å². The molecule has 3 amide bonds. The number of primary amides is 1. The van der Waals surface area contributed by atoms with Gasteiger partial charge in [0.25, 0.3) is 5.91 Å². The maximum absolute atomic E-state index is 11.5. The largest absolute Gasteiger partial charge is 0.484 e. The van der Waals surface area contributed by atoms with Crippen LogP contribution < -0.4 is 21.2 Å². The number of carbonyl (C=O) groups is 3. The van der Waals surface area contributed by atoms with Crippen LogP contribution >= 0.6 is 0 Å². The first kappa shape index (κ1) is 19.1. The third-order valence-corrected chi connectivity index (χ3v) is 2.66. The Morgan fingerprint density at radius 2 is 1.92 bits per heavy atom. The van der Waals surface area contributed by atoms with E-state index in [0.717, 1.165) is 0 Å². The van der Waals surface area contributed by atoms with Crippen molar-refractivity contribution in [2.45, 2.75) is 6.42 Å². The Bertz CT molecular complexity index is 586. The second-order valence-electron chi connectivity index (χ2n) is 4.63. The Morgan fingerprint density at radius 3 is 2.54 bits per heavy atom. The van der Waals surface area contributed by atoms with Crippen molar-refractivity contribution in [3.05, 3.63) is 29.8 Å². The number of nitrogens with zero attached hydrogens (tertiary/aromatic N) is 1. The van der Waals surface area contributed by atoms with Gasteiger partial charge in [-0.05, 0) is 36.2 Å². The molecule has 0 aliphatic rings. The van der Waals surface area contributed by atoms with Gasteiger partial charge in [0, 0.05) is 20.3 Å². The van der Waals surface area contributed by atoms with Crippen molar-refractivity contribution in [2.24, 2.45) is 10.8 Å². The van der Waals surface area contributed by atoms with Crippen molar-refractivity contribution < 1.29 is 23.9 Å². The SMILES string of the molecule is COCCCNC(=O)C(=O)NN=Cc1ccc(OCC(N)=O)cc1. The quantitative estimate of drug-likeness (QED) is 0.234. The zero-order valence-corrected chi connectivity index (χ0v) is 13.3. The topological polar surface area (TPSA) is 132 Å². The summed E-state index contributed by atoms with van der Waals surface area (Å²) in [6.45, 7) is 0.638. The highest BCUT2D eigenvalue weighted by molar-refractivity contribution is 6.35. The van der Waals surface area contributed by atoms with E-state index in [9.17, 15) is 14.4 Å². The van der Waals surface area contributed by atoms with Crippen LogP contribution in [0.3, 0.4) is 0 Å². The number of benzene rings is 1. The van der Waals surface area contributed by atoms with E-state index in [-0.39, 0.29) is 6.61 Å². The van der Waals surface area contributed by atoms with Gasteiger partial charge >= 0.3 is 11.8 Å². The Kier molecular flexibility index (Phi) is 8.54. The van der Waals surface area contributed by atoms with Gasteiger partial charge in [0.05, 0.1) is 6.21 Å². The summed E-state index contributed by atoms with van der Waals surface area (Å²) in [5, 5.41) is 6.12. The second-order valence-corrected chi connectivity index (χ2v) is 4.63. The standard InChI is InChI=1S/C15H20N4O5/c1-23-8-2-7-17-14(21)15(22)19-18-9-11-3-5-12(6-4-11)24-10-13(16)20/h3-6,9H,2,7-8,10H2,1H3,(H2,16,20)(H,17,21)(H,19,22). The molecule has 9 heteroatoms. The summed E-state index contributed by atoms with van der Waals surface area (Å²) in [7, 11) is 1.56. The smallest absolute Gasteiger partial charge is 0.329 e. The van der Waals surface area contributed by atoms with E-state index in [4.69, 9.17) is 15.2 Å². The van der Waals surface area contributed by atoms with Crippen LogP contribution in [-0.4, -0.2) is 50.8 Å². The summed E-state index contributed by atoms with van der Waals surface area (Å²) in [5.74, 6) is -1.71. The molecule has 1 rings (SSSR count). The molecule has 1 aromatic carbocycles. The molecule has 24 heavy (non-hydrogen) atoms. The van der Waals surface area contributed by atoms with Crippen molar-refractivity contribution in [1.29, 1.82) is 0 Å². The van der Waals surface area contributed by atoms with Crippen LogP contribution in [0.5, 0.6) is 5.75 Å². The molecule has 1 aromatic rings. The van der Waals surface area contributed by atoms with Crippen molar-refractivity contribution in [3.63, 3.8) is 0 Å². The van der Waals surface area contributed by atoms with Crippen LogP contribution in [0.1, 0.15) is 12.0 Å². The predicted molar refractivity (Wildman–Crippen MR) is 86.4 cm³/mol. The summed E-state index contributed by atoms with van der Waals surface area (Å²) in [5.41, 5.74) is 7.76. The van der Waals surface area contributed by atoms with E-state index < -0.39 is 17.7 Å². The van der Waals surface area contributed by atoms with Gasteiger partial charge in [0.2, 0.25) is 0 Å². The Morgan fingerprint density at radius 1 is 1.21 bits per heavy atom. The maximum atomic E-state index is 11.5. The van der Waals surface area contributed by atoms with Crippen LogP contribution in [0.15, 0.2) is 29.4 Å². The number of nitrogens with two attached hydrogens (primary N) is 1. The highest BCUT2D eigenvalue weighted by Crippen LogP contribution is 2.10.